The molecule has 0 aliphatic heterocycles. The molecule has 100 valence electrons. The Labute approximate surface area is 112 Å². The van der Waals surface area contributed by atoms with Crippen LogP contribution in [0.1, 0.15) is 12.0 Å². The Hall–Kier alpha value is -1.59. The average Bonchev–Trinajstić information content (AvgIpc) is 2.29. The van der Waals surface area contributed by atoms with Gasteiger partial charge in [0, 0.05) is 6.54 Å². The Morgan fingerprint density at radius 2 is 1.83 bits per heavy atom. The summed E-state index contributed by atoms with van der Waals surface area (Å²) in [5.41, 5.74) is 11.6. The quantitative estimate of drug-likeness (QED) is 0.678. The summed E-state index contributed by atoms with van der Waals surface area (Å²) in [5, 5.41) is 2.66. The highest BCUT2D eigenvalue weighted by atomic mass is 35.5. The molecule has 1 atom stereocenters. The summed E-state index contributed by atoms with van der Waals surface area (Å²) in [5.74, 6) is -0.921. The molecule has 0 bridgehead atoms. The molecule has 0 aliphatic rings. The van der Waals surface area contributed by atoms with Gasteiger partial charge >= 0.3 is 0 Å². The van der Waals surface area contributed by atoms with Gasteiger partial charge in [0.25, 0.3) is 0 Å². The molecular weight excluding hydrogens is 254 g/mol. The number of amides is 2. The first-order valence-electron chi connectivity index (χ1n) is 5.45. The van der Waals surface area contributed by atoms with E-state index in [4.69, 9.17) is 11.5 Å². The Bertz CT molecular complexity index is 384. The van der Waals surface area contributed by atoms with Crippen molar-refractivity contribution >= 4 is 24.2 Å². The zero-order chi connectivity index (χ0) is 12.7. The molecular formula is C12H18ClN3O2. The fourth-order valence-electron chi connectivity index (χ4n) is 1.42. The van der Waals surface area contributed by atoms with Gasteiger partial charge in [0.1, 0.15) is 0 Å². The first-order valence-corrected chi connectivity index (χ1v) is 5.45. The first kappa shape index (κ1) is 16.4. The molecule has 5 nitrogen and oxygen atoms in total. The van der Waals surface area contributed by atoms with Crippen molar-refractivity contribution in [2.24, 2.45) is 11.5 Å². The van der Waals surface area contributed by atoms with Crippen molar-refractivity contribution in [3.63, 3.8) is 0 Å². The zero-order valence-corrected chi connectivity index (χ0v) is 10.8. The molecule has 0 spiro atoms. The normalized spacial score (nSPS) is 11.2. The van der Waals surface area contributed by atoms with Crippen LogP contribution in [0.25, 0.3) is 0 Å². The number of hydrogen-bond acceptors (Lipinski definition) is 3. The molecule has 2 amide bonds. The lowest BCUT2D eigenvalue weighted by Crippen LogP contribution is -2.43. The van der Waals surface area contributed by atoms with Crippen molar-refractivity contribution in [3.05, 3.63) is 35.9 Å². The highest BCUT2D eigenvalue weighted by molar-refractivity contribution is 5.87. The van der Waals surface area contributed by atoms with Crippen LogP contribution in [0.2, 0.25) is 0 Å². The van der Waals surface area contributed by atoms with Crippen LogP contribution >= 0.6 is 12.4 Å². The lowest BCUT2D eigenvalue weighted by Gasteiger charge is -2.10. The van der Waals surface area contributed by atoms with Crippen LogP contribution in [-0.2, 0) is 16.0 Å². The molecule has 0 saturated carbocycles. The van der Waals surface area contributed by atoms with Crippen LogP contribution in [0.3, 0.4) is 0 Å². The van der Waals surface area contributed by atoms with Gasteiger partial charge in [-0.2, -0.15) is 0 Å². The maximum atomic E-state index is 11.4. The molecule has 5 N–H and O–H groups in total. The maximum absolute atomic E-state index is 11.4. The highest BCUT2D eigenvalue weighted by Gasteiger charge is 2.14. The van der Waals surface area contributed by atoms with Crippen molar-refractivity contribution in [2.45, 2.75) is 18.9 Å². The predicted molar refractivity (Wildman–Crippen MR) is 72.2 cm³/mol. The van der Waals surface area contributed by atoms with Gasteiger partial charge in [0.2, 0.25) is 11.8 Å². The lowest BCUT2D eigenvalue weighted by molar-refractivity contribution is -0.126. The summed E-state index contributed by atoms with van der Waals surface area (Å²) in [7, 11) is 0. The minimum atomic E-state index is -0.858. The number of nitrogens with one attached hydrogen (secondary N) is 1. The first-order chi connectivity index (χ1) is 8.09. The van der Waals surface area contributed by atoms with E-state index in [1.807, 2.05) is 30.3 Å². The number of benzene rings is 1. The number of nitrogens with two attached hydrogens (primary N) is 2. The second-order valence-electron chi connectivity index (χ2n) is 3.80. The van der Waals surface area contributed by atoms with Gasteiger partial charge in [0.05, 0.1) is 12.5 Å². The third-order valence-corrected chi connectivity index (χ3v) is 2.31. The van der Waals surface area contributed by atoms with E-state index in [1.54, 1.807) is 0 Å². The molecule has 0 aromatic heterocycles. The Kier molecular flexibility index (Phi) is 7.74. The molecule has 0 heterocycles. The summed E-state index contributed by atoms with van der Waals surface area (Å²) in [6, 6.07) is 8.92. The number of carbonyl (C=O) groups is 2. The molecule has 0 radical (unpaired) electrons. The van der Waals surface area contributed by atoms with E-state index < -0.39 is 11.9 Å². The highest BCUT2D eigenvalue weighted by Crippen LogP contribution is 1.98. The molecule has 18 heavy (non-hydrogen) atoms. The third kappa shape index (κ3) is 6.22. The monoisotopic (exact) mass is 271 g/mol. The molecule has 1 rings (SSSR count). The van der Waals surface area contributed by atoms with Gasteiger partial charge in [-0.1, -0.05) is 30.3 Å². The number of carbonyl (C=O) groups excluding carboxylic acids is 2. The Balaban J connectivity index is 0.00000289. The van der Waals surface area contributed by atoms with Gasteiger partial charge in [-0.15, -0.1) is 12.4 Å². The van der Waals surface area contributed by atoms with E-state index in [9.17, 15) is 9.59 Å². The third-order valence-electron chi connectivity index (χ3n) is 2.31. The van der Waals surface area contributed by atoms with E-state index in [0.29, 0.717) is 6.54 Å². The number of halogens is 1. The van der Waals surface area contributed by atoms with Gasteiger partial charge in [-0.3, -0.25) is 9.59 Å². The van der Waals surface area contributed by atoms with E-state index in [0.717, 1.165) is 12.0 Å². The van der Waals surface area contributed by atoms with Crippen LogP contribution in [0.4, 0.5) is 0 Å². The number of hydrogen-bond donors (Lipinski definition) is 3. The minimum Gasteiger partial charge on any atom is -0.370 e. The van der Waals surface area contributed by atoms with Gasteiger partial charge in [-0.25, -0.2) is 0 Å². The maximum Gasteiger partial charge on any atom is 0.237 e. The summed E-state index contributed by atoms with van der Waals surface area (Å²) < 4.78 is 0. The number of rotatable bonds is 6. The lowest BCUT2D eigenvalue weighted by atomic mass is 10.1. The summed E-state index contributed by atoms with van der Waals surface area (Å²) in [4.78, 5) is 22.0. The van der Waals surface area contributed by atoms with Crippen molar-refractivity contribution in [1.82, 2.24) is 5.32 Å². The molecule has 0 saturated heterocycles. The van der Waals surface area contributed by atoms with Gasteiger partial charge in [-0.05, 0) is 12.0 Å². The second-order valence-corrected chi connectivity index (χ2v) is 3.80. The summed E-state index contributed by atoms with van der Waals surface area (Å²) >= 11 is 0. The van der Waals surface area contributed by atoms with Crippen LogP contribution in [0, 0.1) is 0 Å². The van der Waals surface area contributed by atoms with Crippen LogP contribution < -0.4 is 16.8 Å². The van der Waals surface area contributed by atoms with Gasteiger partial charge < -0.3 is 16.8 Å². The van der Waals surface area contributed by atoms with E-state index in [2.05, 4.69) is 5.32 Å². The van der Waals surface area contributed by atoms with E-state index in [-0.39, 0.29) is 24.7 Å². The van der Waals surface area contributed by atoms with Crippen molar-refractivity contribution < 1.29 is 9.59 Å². The zero-order valence-electron chi connectivity index (χ0n) is 9.96. The van der Waals surface area contributed by atoms with Crippen LogP contribution in [0.5, 0.6) is 0 Å². The standard InChI is InChI=1S/C12H17N3O2.ClH/c13-10(8-11(14)16)12(17)15-7-6-9-4-2-1-3-5-9;/h1-5,10H,6-8,13H2,(H2,14,16)(H,15,17);1H/t10-;/m0./s1. The van der Waals surface area contributed by atoms with E-state index in [1.165, 1.54) is 0 Å². The molecule has 0 unspecified atom stereocenters. The fraction of sp³-hybridized carbons (Fsp3) is 0.333. The largest absolute Gasteiger partial charge is 0.370 e. The average molecular weight is 272 g/mol. The SMILES string of the molecule is Cl.NC(=O)C[C@H](N)C(=O)NCCc1ccccc1. The van der Waals surface area contributed by atoms with E-state index >= 15 is 0 Å². The molecule has 1 aromatic carbocycles. The van der Waals surface area contributed by atoms with Crippen LogP contribution in [0.15, 0.2) is 30.3 Å². The van der Waals surface area contributed by atoms with Crippen LogP contribution in [-0.4, -0.2) is 24.4 Å². The minimum absolute atomic E-state index is 0. The molecule has 6 heteroatoms. The van der Waals surface area contributed by atoms with Crippen molar-refractivity contribution in [1.29, 1.82) is 0 Å². The summed E-state index contributed by atoms with van der Waals surface area (Å²) in [6.45, 7) is 0.495. The molecule has 1 aromatic rings. The van der Waals surface area contributed by atoms with Crippen molar-refractivity contribution in [2.75, 3.05) is 6.54 Å². The van der Waals surface area contributed by atoms with Gasteiger partial charge in [0.15, 0.2) is 0 Å². The molecule has 0 fully saturated rings. The Morgan fingerprint density at radius 3 is 2.39 bits per heavy atom. The fourth-order valence-corrected chi connectivity index (χ4v) is 1.42. The second kappa shape index (κ2) is 8.49. The Morgan fingerprint density at radius 1 is 1.22 bits per heavy atom. The molecule has 0 aliphatic carbocycles. The smallest absolute Gasteiger partial charge is 0.237 e. The number of primary amides is 1. The summed E-state index contributed by atoms with van der Waals surface area (Å²) in [6.07, 6.45) is 0.604. The predicted octanol–water partition coefficient (Wildman–Crippen LogP) is -0.0302. The van der Waals surface area contributed by atoms with Crippen molar-refractivity contribution in [3.8, 4) is 0 Å². The topological polar surface area (TPSA) is 98.2 Å².